The van der Waals surface area contributed by atoms with Gasteiger partial charge in [-0.2, -0.15) is 0 Å². The minimum Gasteiger partial charge on any atom is -0.483 e. The van der Waals surface area contributed by atoms with Gasteiger partial charge in [0.1, 0.15) is 18.1 Å². The zero-order valence-electron chi connectivity index (χ0n) is 19.7. The summed E-state index contributed by atoms with van der Waals surface area (Å²) >= 11 is 0. The fourth-order valence-corrected chi connectivity index (χ4v) is 3.62. The maximum absolute atomic E-state index is 13.6. The van der Waals surface area contributed by atoms with Gasteiger partial charge in [0.15, 0.2) is 11.9 Å². The molecular formula is C27H28FNO6. The van der Waals surface area contributed by atoms with E-state index in [0.29, 0.717) is 30.8 Å². The minimum atomic E-state index is -1.03. The molecule has 0 saturated carbocycles. The summed E-state index contributed by atoms with van der Waals surface area (Å²) in [5.74, 6) is -1.34. The third-order valence-corrected chi connectivity index (χ3v) is 5.19. The van der Waals surface area contributed by atoms with Crippen molar-refractivity contribution in [3.63, 3.8) is 0 Å². The van der Waals surface area contributed by atoms with E-state index < -0.39 is 23.3 Å². The van der Waals surface area contributed by atoms with E-state index in [4.69, 9.17) is 14.2 Å². The quantitative estimate of drug-likeness (QED) is 0.373. The molecule has 184 valence electrons. The van der Waals surface area contributed by atoms with Crippen molar-refractivity contribution in [1.29, 1.82) is 0 Å². The fourth-order valence-electron chi connectivity index (χ4n) is 3.62. The molecule has 0 bridgehead atoms. The van der Waals surface area contributed by atoms with Gasteiger partial charge in [0.25, 0.3) is 0 Å². The van der Waals surface area contributed by atoms with Crippen LogP contribution in [-0.2, 0) is 32.2 Å². The summed E-state index contributed by atoms with van der Waals surface area (Å²) in [4.78, 5) is 36.8. The van der Waals surface area contributed by atoms with Gasteiger partial charge < -0.3 is 18.8 Å². The maximum atomic E-state index is 13.6. The van der Waals surface area contributed by atoms with Gasteiger partial charge in [0, 0.05) is 32.2 Å². The highest BCUT2D eigenvalue weighted by Crippen LogP contribution is 2.32. The number of benzene rings is 2. The molecule has 0 aliphatic rings. The first-order valence-electron chi connectivity index (χ1n) is 11.4. The number of aromatic nitrogens is 1. The molecule has 0 saturated heterocycles. The molecule has 3 rings (SSSR count). The highest BCUT2D eigenvalue weighted by atomic mass is 19.1. The Hall–Kier alpha value is -3.94. The Bertz CT molecular complexity index is 1190. The molecule has 0 fully saturated rings. The predicted molar refractivity (Wildman–Crippen MR) is 127 cm³/mol. The first-order chi connectivity index (χ1) is 16.9. The van der Waals surface area contributed by atoms with Crippen LogP contribution in [0.3, 0.4) is 0 Å². The van der Waals surface area contributed by atoms with Crippen molar-refractivity contribution < 1.29 is 28.2 Å². The summed E-state index contributed by atoms with van der Waals surface area (Å²) in [6.45, 7) is 3.73. The van der Waals surface area contributed by atoms with Crippen molar-refractivity contribution in [2.45, 2.75) is 45.9 Å². The van der Waals surface area contributed by atoms with Crippen LogP contribution in [0.15, 0.2) is 71.7 Å². The third-order valence-electron chi connectivity index (χ3n) is 5.19. The van der Waals surface area contributed by atoms with E-state index in [1.807, 2.05) is 30.3 Å². The molecule has 1 atom stereocenters. The Morgan fingerprint density at radius 1 is 1.03 bits per heavy atom. The van der Waals surface area contributed by atoms with Gasteiger partial charge in [0.2, 0.25) is 5.43 Å². The van der Waals surface area contributed by atoms with E-state index in [0.717, 1.165) is 5.56 Å². The number of rotatable bonds is 11. The van der Waals surface area contributed by atoms with Crippen LogP contribution in [0.1, 0.15) is 49.6 Å². The van der Waals surface area contributed by atoms with Crippen molar-refractivity contribution in [3.8, 4) is 5.75 Å². The number of aryl methyl sites for hydroxylation is 1. The van der Waals surface area contributed by atoms with Crippen LogP contribution in [0.4, 0.5) is 4.39 Å². The summed E-state index contributed by atoms with van der Waals surface area (Å²) in [7, 11) is 0. The third kappa shape index (κ3) is 7.27. The van der Waals surface area contributed by atoms with Crippen molar-refractivity contribution >= 4 is 11.9 Å². The summed E-state index contributed by atoms with van der Waals surface area (Å²) in [5.41, 5.74) is 1.23. The van der Waals surface area contributed by atoms with Gasteiger partial charge in [-0.3, -0.25) is 14.4 Å². The molecule has 1 heterocycles. The average molecular weight is 482 g/mol. The average Bonchev–Trinajstić information content (AvgIpc) is 2.84. The second kappa shape index (κ2) is 12.5. The van der Waals surface area contributed by atoms with Crippen molar-refractivity contribution in [3.05, 3.63) is 99.7 Å². The van der Waals surface area contributed by atoms with Crippen LogP contribution in [0.5, 0.6) is 5.75 Å². The van der Waals surface area contributed by atoms with Gasteiger partial charge in [-0.05, 0) is 36.6 Å². The number of esters is 2. The minimum absolute atomic E-state index is 0.0167. The van der Waals surface area contributed by atoms with E-state index in [9.17, 15) is 18.8 Å². The SMILES string of the molecule is CCOC(=O)CCCn1ccc(=O)c(OCc2ccccc2)c1C(OC(C)=O)c1ccc(F)cc1. The van der Waals surface area contributed by atoms with Crippen LogP contribution in [0.2, 0.25) is 0 Å². The normalized spacial score (nSPS) is 11.5. The van der Waals surface area contributed by atoms with Gasteiger partial charge in [-0.25, -0.2) is 4.39 Å². The zero-order valence-corrected chi connectivity index (χ0v) is 19.7. The lowest BCUT2D eigenvalue weighted by Crippen LogP contribution is -2.23. The highest BCUT2D eigenvalue weighted by molar-refractivity contribution is 5.69. The molecule has 0 amide bonds. The molecule has 0 radical (unpaired) electrons. The highest BCUT2D eigenvalue weighted by Gasteiger charge is 2.27. The van der Waals surface area contributed by atoms with E-state index in [2.05, 4.69) is 0 Å². The predicted octanol–water partition coefficient (Wildman–Crippen LogP) is 4.56. The van der Waals surface area contributed by atoms with E-state index in [1.165, 1.54) is 37.3 Å². The lowest BCUT2D eigenvalue weighted by Gasteiger charge is -2.25. The molecule has 1 unspecified atom stereocenters. The van der Waals surface area contributed by atoms with Crippen molar-refractivity contribution in [1.82, 2.24) is 4.57 Å². The van der Waals surface area contributed by atoms with Gasteiger partial charge in [-0.15, -0.1) is 0 Å². The van der Waals surface area contributed by atoms with Gasteiger partial charge >= 0.3 is 11.9 Å². The van der Waals surface area contributed by atoms with Crippen LogP contribution in [0.25, 0.3) is 0 Å². The Morgan fingerprint density at radius 2 is 1.74 bits per heavy atom. The van der Waals surface area contributed by atoms with Crippen LogP contribution >= 0.6 is 0 Å². The number of nitrogens with zero attached hydrogens (tertiary/aromatic N) is 1. The Labute approximate surface area is 203 Å². The number of hydrogen-bond acceptors (Lipinski definition) is 6. The Balaban J connectivity index is 2.05. The first-order valence-corrected chi connectivity index (χ1v) is 11.4. The van der Waals surface area contributed by atoms with E-state index in [1.54, 1.807) is 17.7 Å². The number of carbonyl (C=O) groups is 2. The van der Waals surface area contributed by atoms with Crippen molar-refractivity contribution in [2.75, 3.05) is 6.61 Å². The molecule has 7 nitrogen and oxygen atoms in total. The lowest BCUT2D eigenvalue weighted by atomic mass is 10.0. The first kappa shape index (κ1) is 25.7. The molecule has 35 heavy (non-hydrogen) atoms. The monoisotopic (exact) mass is 481 g/mol. The fraction of sp³-hybridized carbons (Fsp3) is 0.296. The summed E-state index contributed by atoms with van der Waals surface area (Å²) in [5, 5.41) is 0. The second-order valence-corrected chi connectivity index (χ2v) is 7.81. The van der Waals surface area contributed by atoms with E-state index in [-0.39, 0.29) is 24.7 Å². The Morgan fingerprint density at radius 3 is 2.40 bits per heavy atom. The molecular weight excluding hydrogens is 453 g/mol. The smallest absolute Gasteiger partial charge is 0.305 e. The summed E-state index contributed by atoms with van der Waals surface area (Å²) < 4.78 is 31.9. The second-order valence-electron chi connectivity index (χ2n) is 7.81. The number of halogens is 1. The number of pyridine rings is 1. The standard InChI is InChI=1S/C27H28FNO6/c1-3-33-24(32)10-7-16-29-17-15-23(31)27(34-18-20-8-5-4-6-9-20)25(29)26(35-19(2)30)21-11-13-22(28)14-12-21/h4-6,8-9,11-15,17,26H,3,7,10,16,18H2,1-2H3. The van der Waals surface area contributed by atoms with Crippen LogP contribution in [0, 0.1) is 5.82 Å². The molecule has 0 aliphatic heterocycles. The molecule has 3 aromatic rings. The lowest BCUT2D eigenvalue weighted by molar-refractivity contribution is -0.145. The topological polar surface area (TPSA) is 83.8 Å². The van der Waals surface area contributed by atoms with Gasteiger partial charge in [0.05, 0.1) is 6.61 Å². The zero-order chi connectivity index (χ0) is 25.2. The molecule has 0 spiro atoms. The summed E-state index contributed by atoms with van der Waals surface area (Å²) in [6.07, 6.45) is 1.13. The Kier molecular flexibility index (Phi) is 9.17. The van der Waals surface area contributed by atoms with E-state index >= 15 is 0 Å². The number of hydrogen-bond donors (Lipinski definition) is 0. The molecule has 2 aromatic carbocycles. The van der Waals surface area contributed by atoms with Crippen LogP contribution in [-0.4, -0.2) is 23.1 Å². The number of ether oxygens (including phenoxy) is 3. The van der Waals surface area contributed by atoms with Gasteiger partial charge in [-0.1, -0.05) is 42.5 Å². The molecule has 0 aliphatic carbocycles. The number of carbonyl (C=O) groups excluding carboxylic acids is 2. The molecule has 8 heteroatoms. The maximum Gasteiger partial charge on any atom is 0.305 e. The summed E-state index contributed by atoms with van der Waals surface area (Å²) in [6, 6.07) is 16.2. The largest absolute Gasteiger partial charge is 0.483 e. The van der Waals surface area contributed by atoms with Crippen LogP contribution < -0.4 is 10.2 Å². The van der Waals surface area contributed by atoms with Crippen molar-refractivity contribution in [2.24, 2.45) is 0 Å². The molecule has 0 N–H and O–H groups in total. The molecule has 1 aromatic heterocycles.